The third-order valence-electron chi connectivity index (χ3n) is 2.00. The van der Waals surface area contributed by atoms with Crippen LogP contribution in [0.3, 0.4) is 0 Å². The number of carbonyl (C=O) groups excluding carboxylic acids is 1. The van der Waals surface area contributed by atoms with Gasteiger partial charge in [0, 0.05) is 0 Å². The van der Waals surface area contributed by atoms with Crippen LogP contribution >= 0.6 is 0 Å². The van der Waals surface area contributed by atoms with Crippen LogP contribution in [-0.2, 0) is 0 Å². The SMILES string of the molecule is NCC#Cc1cc(F)ccc1NC(=O)NCC(F)(F)F. The third-order valence-corrected chi connectivity index (χ3v) is 2.00. The van der Waals surface area contributed by atoms with E-state index in [-0.39, 0.29) is 17.8 Å². The Labute approximate surface area is 112 Å². The van der Waals surface area contributed by atoms with Crippen LogP contribution in [0.2, 0.25) is 0 Å². The minimum atomic E-state index is -4.51. The predicted octanol–water partition coefficient (Wildman–Crippen LogP) is 1.82. The molecule has 8 heteroatoms. The fourth-order valence-corrected chi connectivity index (χ4v) is 1.22. The molecule has 0 saturated carbocycles. The maximum absolute atomic E-state index is 13.0. The summed E-state index contributed by atoms with van der Waals surface area (Å²) in [7, 11) is 0. The Kier molecular flexibility index (Phi) is 5.34. The molecule has 4 nitrogen and oxygen atoms in total. The predicted molar refractivity (Wildman–Crippen MR) is 65.4 cm³/mol. The van der Waals surface area contributed by atoms with Gasteiger partial charge in [0.15, 0.2) is 0 Å². The van der Waals surface area contributed by atoms with E-state index in [0.717, 1.165) is 12.1 Å². The molecule has 0 heterocycles. The van der Waals surface area contributed by atoms with Crippen molar-refractivity contribution in [2.24, 2.45) is 5.73 Å². The number of amides is 2. The first-order valence-electron chi connectivity index (χ1n) is 5.42. The average Bonchev–Trinajstić information content (AvgIpc) is 2.36. The largest absolute Gasteiger partial charge is 0.405 e. The molecule has 20 heavy (non-hydrogen) atoms. The lowest BCUT2D eigenvalue weighted by molar-refractivity contribution is -0.122. The van der Waals surface area contributed by atoms with Gasteiger partial charge in [-0.1, -0.05) is 11.8 Å². The number of halogens is 4. The van der Waals surface area contributed by atoms with E-state index >= 15 is 0 Å². The molecule has 0 aliphatic carbocycles. The number of urea groups is 1. The molecule has 4 N–H and O–H groups in total. The first kappa shape index (κ1) is 15.8. The molecule has 1 aromatic carbocycles. The highest BCUT2D eigenvalue weighted by atomic mass is 19.4. The monoisotopic (exact) mass is 289 g/mol. The maximum Gasteiger partial charge on any atom is 0.405 e. The number of nitrogens with one attached hydrogen (secondary N) is 2. The van der Waals surface area contributed by atoms with Gasteiger partial charge < -0.3 is 16.4 Å². The molecular weight excluding hydrogens is 278 g/mol. The van der Waals surface area contributed by atoms with E-state index in [2.05, 4.69) is 17.2 Å². The van der Waals surface area contributed by atoms with E-state index in [4.69, 9.17) is 5.73 Å². The number of benzene rings is 1. The van der Waals surface area contributed by atoms with Gasteiger partial charge in [-0.15, -0.1) is 0 Å². The summed E-state index contributed by atoms with van der Waals surface area (Å²) in [6, 6.07) is 2.22. The van der Waals surface area contributed by atoms with Crippen LogP contribution in [-0.4, -0.2) is 25.3 Å². The first-order valence-corrected chi connectivity index (χ1v) is 5.42. The molecule has 1 aromatic rings. The third kappa shape index (κ3) is 5.58. The molecule has 0 aromatic heterocycles. The summed E-state index contributed by atoms with van der Waals surface area (Å²) in [5.41, 5.74) is 5.38. The Balaban J connectivity index is 2.79. The minimum absolute atomic E-state index is 0.0240. The number of carbonyl (C=O) groups is 1. The highest BCUT2D eigenvalue weighted by Gasteiger charge is 2.27. The summed E-state index contributed by atoms with van der Waals surface area (Å²) >= 11 is 0. The summed E-state index contributed by atoms with van der Waals surface area (Å²) in [5.74, 6) is 4.38. The quantitative estimate of drug-likeness (QED) is 0.574. The van der Waals surface area contributed by atoms with Crippen molar-refractivity contribution < 1.29 is 22.4 Å². The molecule has 0 atom stereocenters. The summed E-state index contributed by atoms with van der Waals surface area (Å²) in [5, 5.41) is 3.79. The Hall–Kier alpha value is -2.27. The molecule has 0 aliphatic rings. The zero-order chi connectivity index (χ0) is 15.2. The molecule has 0 aliphatic heterocycles. The van der Waals surface area contributed by atoms with Crippen molar-refractivity contribution in [2.75, 3.05) is 18.4 Å². The van der Waals surface area contributed by atoms with E-state index < -0.39 is 24.6 Å². The van der Waals surface area contributed by atoms with Gasteiger partial charge in [0.05, 0.1) is 17.8 Å². The van der Waals surface area contributed by atoms with Crippen molar-refractivity contribution >= 4 is 11.7 Å². The lowest BCUT2D eigenvalue weighted by atomic mass is 10.1. The lowest BCUT2D eigenvalue weighted by Gasteiger charge is -2.11. The zero-order valence-electron chi connectivity index (χ0n) is 10.1. The smallest absolute Gasteiger partial charge is 0.329 e. The Bertz CT molecular complexity index is 546. The molecule has 2 amide bonds. The summed E-state index contributed by atoms with van der Waals surface area (Å²) in [4.78, 5) is 11.3. The number of rotatable bonds is 2. The second-order valence-corrected chi connectivity index (χ2v) is 3.62. The van der Waals surface area contributed by atoms with Crippen LogP contribution in [0.15, 0.2) is 18.2 Å². The van der Waals surface area contributed by atoms with Gasteiger partial charge in [-0.3, -0.25) is 0 Å². The van der Waals surface area contributed by atoms with Gasteiger partial charge >= 0.3 is 12.2 Å². The zero-order valence-corrected chi connectivity index (χ0v) is 10.1. The molecular formula is C12H11F4N3O. The van der Waals surface area contributed by atoms with Crippen LogP contribution in [0.1, 0.15) is 5.56 Å². The van der Waals surface area contributed by atoms with E-state index in [9.17, 15) is 22.4 Å². The Morgan fingerprint density at radius 2 is 2.05 bits per heavy atom. The van der Waals surface area contributed by atoms with Crippen molar-refractivity contribution in [3.63, 3.8) is 0 Å². The average molecular weight is 289 g/mol. The minimum Gasteiger partial charge on any atom is -0.329 e. The second-order valence-electron chi connectivity index (χ2n) is 3.62. The fraction of sp³-hybridized carbons (Fsp3) is 0.250. The van der Waals surface area contributed by atoms with Crippen molar-refractivity contribution in [1.29, 1.82) is 0 Å². The molecule has 0 saturated heterocycles. The van der Waals surface area contributed by atoms with Crippen LogP contribution in [0.5, 0.6) is 0 Å². The number of hydrogen-bond donors (Lipinski definition) is 3. The summed E-state index contributed by atoms with van der Waals surface area (Å²) in [6.45, 7) is -1.44. The summed E-state index contributed by atoms with van der Waals surface area (Å²) in [6.07, 6.45) is -4.51. The highest BCUT2D eigenvalue weighted by Crippen LogP contribution is 2.16. The van der Waals surface area contributed by atoms with Crippen LogP contribution in [0.25, 0.3) is 0 Å². The maximum atomic E-state index is 13.0. The molecule has 0 fully saturated rings. The van der Waals surface area contributed by atoms with Crippen LogP contribution in [0.4, 0.5) is 28.0 Å². The molecule has 108 valence electrons. The summed E-state index contributed by atoms with van der Waals surface area (Å²) < 4.78 is 48.8. The van der Waals surface area contributed by atoms with Crippen molar-refractivity contribution in [3.8, 4) is 11.8 Å². The topological polar surface area (TPSA) is 67.1 Å². The molecule has 0 spiro atoms. The van der Waals surface area contributed by atoms with Gasteiger partial charge in [-0.25, -0.2) is 9.18 Å². The molecule has 0 bridgehead atoms. The Morgan fingerprint density at radius 3 is 2.65 bits per heavy atom. The van der Waals surface area contributed by atoms with Gasteiger partial charge in [0.1, 0.15) is 12.4 Å². The van der Waals surface area contributed by atoms with Crippen molar-refractivity contribution in [2.45, 2.75) is 6.18 Å². The van der Waals surface area contributed by atoms with Gasteiger partial charge in [0.2, 0.25) is 0 Å². The molecule has 0 unspecified atom stereocenters. The first-order chi connectivity index (χ1) is 9.31. The number of nitrogens with two attached hydrogens (primary N) is 1. The van der Waals surface area contributed by atoms with Crippen LogP contribution in [0, 0.1) is 17.7 Å². The van der Waals surface area contributed by atoms with Gasteiger partial charge in [0.25, 0.3) is 0 Å². The van der Waals surface area contributed by atoms with Crippen molar-refractivity contribution in [1.82, 2.24) is 5.32 Å². The number of alkyl halides is 3. The normalized spacial score (nSPS) is 10.4. The molecule has 0 radical (unpaired) electrons. The number of anilines is 1. The number of hydrogen-bond acceptors (Lipinski definition) is 2. The van der Waals surface area contributed by atoms with E-state index in [1.165, 1.54) is 6.07 Å². The molecule has 1 rings (SSSR count). The van der Waals surface area contributed by atoms with E-state index in [1.54, 1.807) is 5.32 Å². The van der Waals surface area contributed by atoms with E-state index in [1.807, 2.05) is 0 Å². The van der Waals surface area contributed by atoms with Crippen LogP contribution < -0.4 is 16.4 Å². The van der Waals surface area contributed by atoms with Gasteiger partial charge in [-0.2, -0.15) is 13.2 Å². The lowest BCUT2D eigenvalue weighted by Crippen LogP contribution is -2.36. The second kappa shape index (κ2) is 6.77. The van der Waals surface area contributed by atoms with Crippen molar-refractivity contribution in [3.05, 3.63) is 29.6 Å². The Morgan fingerprint density at radius 1 is 1.35 bits per heavy atom. The fourth-order valence-electron chi connectivity index (χ4n) is 1.22. The highest BCUT2D eigenvalue weighted by molar-refractivity contribution is 5.90. The standard InChI is InChI=1S/C12H11F4N3O/c13-9-3-4-10(8(6-9)2-1-5-17)19-11(20)18-7-12(14,15)16/h3-4,6H,5,7,17H2,(H2,18,19,20). The van der Waals surface area contributed by atoms with E-state index in [0.29, 0.717) is 0 Å². The van der Waals surface area contributed by atoms with Gasteiger partial charge in [-0.05, 0) is 18.2 Å².